The van der Waals surface area contributed by atoms with Crippen molar-refractivity contribution in [1.82, 2.24) is 0 Å². The normalized spacial score (nSPS) is 16.0. The van der Waals surface area contributed by atoms with E-state index in [0.29, 0.717) is 6.42 Å². The highest BCUT2D eigenvalue weighted by Gasteiger charge is 2.17. The van der Waals surface area contributed by atoms with Crippen molar-refractivity contribution in [3.63, 3.8) is 0 Å². The molecule has 80 valence electrons. The molecule has 1 aromatic carbocycles. The molecule has 0 aliphatic carbocycles. The van der Waals surface area contributed by atoms with E-state index in [4.69, 9.17) is 5.11 Å². The molecule has 0 bridgehead atoms. The third-order valence-electron chi connectivity index (χ3n) is 2.30. The SMILES string of the molecule is CC(CO)Sc1ccc2c(c1)CC(=O)N2. The second-order valence-corrected chi connectivity index (χ2v) is 5.17. The van der Waals surface area contributed by atoms with Crippen LogP contribution in [0.15, 0.2) is 23.1 Å². The van der Waals surface area contributed by atoms with Crippen LogP contribution in [-0.4, -0.2) is 22.9 Å². The largest absolute Gasteiger partial charge is 0.395 e. The van der Waals surface area contributed by atoms with Crippen LogP contribution in [0.4, 0.5) is 5.69 Å². The summed E-state index contributed by atoms with van der Waals surface area (Å²) >= 11 is 1.62. The summed E-state index contributed by atoms with van der Waals surface area (Å²) < 4.78 is 0. The van der Waals surface area contributed by atoms with Gasteiger partial charge in [0.25, 0.3) is 0 Å². The van der Waals surface area contributed by atoms with E-state index < -0.39 is 0 Å². The van der Waals surface area contributed by atoms with Crippen LogP contribution in [0.2, 0.25) is 0 Å². The third kappa shape index (κ3) is 2.33. The van der Waals surface area contributed by atoms with E-state index in [-0.39, 0.29) is 17.8 Å². The van der Waals surface area contributed by atoms with Crippen LogP contribution in [0.1, 0.15) is 12.5 Å². The second-order valence-electron chi connectivity index (χ2n) is 3.65. The van der Waals surface area contributed by atoms with Crippen molar-refractivity contribution in [2.75, 3.05) is 11.9 Å². The van der Waals surface area contributed by atoms with E-state index in [1.165, 1.54) is 0 Å². The van der Waals surface area contributed by atoms with Gasteiger partial charge in [-0.15, -0.1) is 11.8 Å². The first-order valence-corrected chi connectivity index (χ1v) is 5.77. The predicted molar refractivity (Wildman–Crippen MR) is 61.2 cm³/mol. The lowest BCUT2D eigenvalue weighted by Crippen LogP contribution is -2.03. The Balaban J connectivity index is 2.16. The van der Waals surface area contributed by atoms with Gasteiger partial charge in [0.2, 0.25) is 5.91 Å². The topological polar surface area (TPSA) is 49.3 Å². The minimum absolute atomic E-state index is 0.0577. The number of benzene rings is 1. The zero-order valence-corrected chi connectivity index (χ0v) is 9.30. The molecule has 4 heteroatoms. The Morgan fingerprint density at radius 1 is 1.60 bits per heavy atom. The van der Waals surface area contributed by atoms with E-state index >= 15 is 0 Å². The molecule has 0 spiro atoms. The van der Waals surface area contributed by atoms with E-state index in [2.05, 4.69) is 5.32 Å². The lowest BCUT2D eigenvalue weighted by Gasteiger charge is -2.08. The number of aliphatic hydroxyl groups excluding tert-OH is 1. The summed E-state index contributed by atoms with van der Waals surface area (Å²) in [7, 11) is 0. The minimum atomic E-state index is 0.0577. The van der Waals surface area contributed by atoms with Gasteiger partial charge in [0.05, 0.1) is 13.0 Å². The van der Waals surface area contributed by atoms with Gasteiger partial charge < -0.3 is 10.4 Å². The first kappa shape index (κ1) is 10.5. The fourth-order valence-electron chi connectivity index (χ4n) is 1.55. The average Bonchev–Trinajstić information content (AvgIpc) is 2.57. The lowest BCUT2D eigenvalue weighted by molar-refractivity contribution is -0.115. The minimum Gasteiger partial charge on any atom is -0.395 e. The highest BCUT2D eigenvalue weighted by atomic mass is 32.2. The average molecular weight is 223 g/mol. The van der Waals surface area contributed by atoms with Gasteiger partial charge in [0.15, 0.2) is 0 Å². The Morgan fingerprint density at radius 2 is 2.40 bits per heavy atom. The van der Waals surface area contributed by atoms with Crippen molar-refractivity contribution < 1.29 is 9.90 Å². The monoisotopic (exact) mass is 223 g/mol. The van der Waals surface area contributed by atoms with E-state index in [0.717, 1.165) is 16.1 Å². The van der Waals surface area contributed by atoms with Crippen molar-refractivity contribution >= 4 is 23.4 Å². The summed E-state index contributed by atoms with van der Waals surface area (Å²) in [6.07, 6.45) is 0.469. The molecule has 0 saturated carbocycles. The number of carbonyl (C=O) groups excluding carboxylic acids is 1. The second kappa shape index (κ2) is 4.24. The number of amides is 1. The summed E-state index contributed by atoms with van der Waals surface area (Å²) in [6.45, 7) is 2.14. The maximum absolute atomic E-state index is 11.1. The van der Waals surface area contributed by atoms with Crippen LogP contribution in [0.3, 0.4) is 0 Å². The van der Waals surface area contributed by atoms with Crippen LogP contribution >= 0.6 is 11.8 Å². The number of thioether (sulfide) groups is 1. The molecule has 0 fully saturated rings. The van der Waals surface area contributed by atoms with Gasteiger partial charge in [-0.05, 0) is 23.8 Å². The van der Waals surface area contributed by atoms with Crippen LogP contribution in [0.25, 0.3) is 0 Å². The van der Waals surface area contributed by atoms with Crippen molar-refractivity contribution in [3.8, 4) is 0 Å². The zero-order valence-electron chi connectivity index (χ0n) is 8.49. The van der Waals surface area contributed by atoms with Gasteiger partial charge in [0.1, 0.15) is 0 Å². The maximum atomic E-state index is 11.1. The Morgan fingerprint density at radius 3 is 3.13 bits per heavy atom. The highest BCUT2D eigenvalue weighted by molar-refractivity contribution is 8.00. The Bertz CT molecular complexity index is 392. The smallest absolute Gasteiger partial charge is 0.228 e. The lowest BCUT2D eigenvalue weighted by atomic mass is 10.2. The molecule has 1 heterocycles. The van der Waals surface area contributed by atoms with Crippen molar-refractivity contribution in [1.29, 1.82) is 0 Å². The van der Waals surface area contributed by atoms with Crippen molar-refractivity contribution in [2.45, 2.75) is 23.5 Å². The number of carbonyl (C=O) groups is 1. The molecule has 15 heavy (non-hydrogen) atoms. The first-order valence-electron chi connectivity index (χ1n) is 4.89. The fourth-order valence-corrected chi connectivity index (χ4v) is 2.44. The Kier molecular flexibility index (Phi) is 2.98. The standard InChI is InChI=1S/C11H13NO2S/c1-7(6-13)15-9-2-3-10-8(4-9)5-11(14)12-10/h2-4,7,13H,5-6H2,1H3,(H,12,14). The summed E-state index contributed by atoms with van der Waals surface area (Å²) in [4.78, 5) is 12.2. The third-order valence-corrected chi connectivity index (χ3v) is 3.37. The number of aliphatic hydroxyl groups is 1. The molecular weight excluding hydrogens is 210 g/mol. The van der Waals surface area contributed by atoms with Crippen LogP contribution < -0.4 is 5.32 Å². The molecule has 1 atom stereocenters. The van der Waals surface area contributed by atoms with E-state index in [1.807, 2.05) is 25.1 Å². The first-order chi connectivity index (χ1) is 7.19. The molecule has 1 aliphatic heterocycles. The molecule has 1 aliphatic rings. The van der Waals surface area contributed by atoms with Gasteiger partial charge in [0, 0.05) is 15.8 Å². The molecule has 1 amide bonds. The van der Waals surface area contributed by atoms with Gasteiger partial charge in [-0.25, -0.2) is 0 Å². The molecule has 0 aromatic heterocycles. The van der Waals surface area contributed by atoms with Crippen LogP contribution in [0, 0.1) is 0 Å². The van der Waals surface area contributed by atoms with Crippen molar-refractivity contribution in [2.24, 2.45) is 0 Å². The molecule has 0 radical (unpaired) electrons. The number of fused-ring (bicyclic) bond motifs is 1. The van der Waals surface area contributed by atoms with E-state index in [9.17, 15) is 4.79 Å². The molecule has 2 rings (SSSR count). The molecule has 1 aromatic rings. The molecule has 1 unspecified atom stereocenters. The summed E-state index contributed by atoms with van der Waals surface area (Å²) in [6, 6.07) is 5.91. The van der Waals surface area contributed by atoms with Crippen molar-refractivity contribution in [3.05, 3.63) is 23.8 Å². The molecule has 2 N–H and O–H groups in total. The quantitative estimate of drug-likeness (QED) is 0.766. The number of rotatable bonds is 3. The van der Waals surface area contributed by atoms with Gasteiger partial charge >= 0.3 is 0 Å². The number of hydrogen-bond acceptors (Lipinski definition) is 3. The highest BCUT2D eigenvalue weighted by Crippen LogP contribution is 2.30. The van der Waals surface area contributed by atoms with Gasteiger partial charge in [-0.3, -0.25) is 4.79 Å². The fraction of sp³-hybridized carbons (Fsp3) is 0.364. The summed E-state index contributed by atoms with van der Waals surface area (Å²) in [5, 5.41) is 11.9. The number of hydrogen-bond donors (Lipinski definition) is 2. The molecular formula is C11H13NO2S. The Hall–Kier alpha value is -1.00. The Labute approximate surface area is 92.9 Å². The molecule has 3 nitrogen and oxygen atoms in total. The van der Waals surface area contributed by atoms with Gasteiger partial charge in [-0.2, -0.15) is 0 Å². The van der Waals surface area contributed by atoms with Crippen LogP contribution in [0.5, 0.6) is 0 Å². The zero-order chi connectivity index (χ0) is 10.8. The van der Waals surface area contributed by atoms with Gasteiger partial charge in [-0.1, -0.05) is 6.92 Å². The summed E-state index contributed by atoms with van der Waals surface area (Å²) in [5.74, 6) is 0.0577. The summed E-state index contributed by atoms with van der Waals surface area (Å²) in [5.41, 5.74) is 1.97. The number of anilines is 1. The number of nitrogens with one attached hydrogen (secondary N) is 1. The maximum Gasteiger partial charge on any atom is 0.228 e. The molecule has 0 saturated heterocycles. The van der Waals surface area contributed by atoms with Crippen LogP contribution in [-0.2, 0) is 11.2 Å². The van der Waals surface area contributed by atoms with E-state index in [1.54, 1.807) is 11.8 Å². The predicted octanol–water partition coefficient (Wildman–Crippen LogP) is 1.65.